The Morgan fingerprint density at radius 2 is 0.731 bits per heavy atom. The molecule has 0 amide bonds. The van der Waals surface area contributed by atoms with Gasteiger partial charge in [0.25, 0.3) is 0 Å². The molecule has 0 bridgehead atoms. The molecular formula is C20H32O6. The average Bonchev–Trinajstić information content (AvgIpc) is 2.59. The van der Waals surface area contributed by atoms with Gasteiger partial charge in [-0.05, 0) is 65.5 Å². The number of allylic oxidation sites excluding steroid dienone is 2. The van der Waals surface area contributed by atoms with Gasteiger partial charge in [-0.25, -0.2) is 0 Å². The van der Waals surface area contributed by atoms with Gasteiger partial charge in [-0.15, -0.1) is 0 Å². The highest BCUT2D eigenvalue weighted by molar-refractivity contribution is 5.27. The molecule has 0 aliphatic heterocycles. The van der Waals surface area contributed by atoms with E-state index in [0.717, 1.165) is 0 Å². The van der Waals surface area contributed by atoms with Gasteiger partial charge >= 0.3 is 11.9 Å². The monoisotopic (exact) mass is 368 g/mol. The third kappa shape index (κ3) is 9.35. The molecular weight excluding hydrogens is 336 g/mol. The van der Waals surface area contributed by atoms with Crippen molar-refractivity contribution in [3.8, 4) is 23.7 Å². The van der Waals surface area contributed by atoms with Crippen molar-refractivity contribution in [2.45, 2.75) is 53.5 Å². The largest absolute Gasteiger partial charge is 0.353 e. The average molecular weight is 368 g/mol. The summed E-state index contributed by atoms with van der Waals surface area (Å²) in [6.07, 6.45) is 3.15. The second-order valence-corrected chi connectivity index (χ2v) is 4.58. The van der Waals surface area contributed by atoms with E-state index in [0.29, 0.717) is 39.6 Å². The van der Waals surface area contributed by atoms with Crippen molar-refractivity contribution in [2.24, 2.45) is 0 Å². The Morgan fingerprint density at radius 1 is 0.500 bits per heavy atom. The van der Waals surface area contributed by atoms with Crippen molar-refractivity contribution in [3.05, 3.63) is 12.2 Å². The smallest absolute Gasteiger partial charge is 0.317 e. The van der Waals surface area contributed by atoms with Crippen LogP contribution in [0.25, 0.3) is 0 Å². The van der Waals surface area contributed by atoms with E-state index in [1.165, 1.54) is 0 Å². The molecule has 0 spiro atoms. The fourth-order valence-electron chi connectivity index (χ4n) is 1.95. The maximum atomic E-state index is 5.52. The summed E-state index contributed by atoms with van der Waals surface area (Å²) in [6.45, 7) is 13.6. The molecule has 0 saturated heterocycles. The molecule has 0 radical (unpaired) electrons. The summed E-state index contributed by atoms with van der Waals surface area (Å²) in [5, 5.41) is 0. The van der Waals surface area contributed by atoms with Gasteiger partial charge in [0.1, 0.15) is 0 Å². The predicted molar refractivity (Wildman–Crippen MR) is 99.9 cm³/mol. The first-order valence-electron chi connectivity index (χ1n) is 9.11. The minimum absolute atomic E-state index is 0.414. The maximum absolute atomic E-state index is 5.52. The first-order valence-corrected chi connectivity index (χ1v) is 9.11. The van der Waals surface area contributed by atoms with Crippen LogP contribution in [0.3, 0.4) is 0 Å². The lowest BCUT2D eigenvalue weighted by atomic mass is 10.4. The Morgan fingerprint density at radius 3 is 0.923 bits per heavy atom. The van der Waals surface area contributed by atoms with Crippen molar-refractivity contribution in [1.82, 2.24) is 0 Å². The molecule has 0 atom stereocenters. The zero-order chi connectivity index (χ0) is 19.7. The topological polar surface area (TPSA) is 55.4 Å². The molecule has 0 fully saturated rings. The molecule has 0 aromatic rings. The van der Waals surface area contributed by atoms with E-state index in [9.17, 15) is 0 Å². The summed E-state index contributed by atoms with van der Waals surface area (Å²) in [5.74, 6) is 8.63. The zero-order valence-electron chi connectivity index (χ0n) is 16.8. The van der Waals surface area contributed by atoms with Crippen LogP contribution >= 0.6 is 0 Å². The van der Waals surface area contributed by atoms with E-state index in [1.54, 1.807) is 12.2 Å². The molecule has 0 heterocycles. The van der Waals surface area contributed by atoms with E-state index in [-0.39, 0.29) is 0 Å². The Kier molecular flexibility index (Phi) is 14.0. The van der Waals surface area contributed by atoms with Crippen molar-refractivity contribution in [1.29, 1.82) is 0 Å². The highest BCUT2D eigenvalue weighted by atomic mass is 16.9. The van der Waals surface area contributed by atoms with Crippen LogP contribution in [-0.4, -0.2) is 51.6 Å². The van der Waals surface area contributed by atoms with E-state index >= 15 is 0 Å². The Balaban J connectivity index is 5.22. The third-order valence-electron chi connectivity index (χ3n) is 2.71. The summed E-state index contributed by atoms with van der Waals surface area (Å²) in [6, 6.07) is 0. The number of hydrogen-bond acceptors (Lipinski definition) is 6. The van der Waals surface area contributed by atoms with Crippen LogP contribution in [0.5, 0.6) is 0 Å². The van der Waals surface area contributed by atoms with E-state index in [2.05, 4.69) is 23.7 Å². The first kappa shape index (κ1) is 24.6. The molecule has 0 saturated carbocycles. The molecule has 0 N–H and O–H groups in total. The minimum Gasteiger partial charge on any atom is -0.317 e. The van der Waals surface area contributed by atoms with E-state index in [1.807, 2.05) is 41.5 Å². The van der Waals surface area contributed by atoms with Gasteiger partial charge < -0.3 is 28.4 Å². The number of hydrogen-bond donors (Lipinski definition) is 0. The molecule has 6 nitrogen and oxygen atoms in total. The van der Waals surface area contributed by atoms with Gasteiger partial charge in [0.2, 0.25) is 0 Å². The van der Waals surface area contributed by atoms with Crippen molar-refractivity contribution in [2.75, 3.05) is 39.6 Å². The second-order valence-electron chi connectivity index (χ2n) is 4.58. The molecule has 0 aliphatic rings. The lowest BCUT2D eigenvalue weighted by molar-refractivity contribution is -0.339. The zero-order valence-corrected chi connectivity index (χ0v) is 16.8. The molecule has 6 heteroatoms. The minimum atomic E-state index is -1.36. The normalized spacial score (nSPS) is 11.8. The Bertz CT molecular complexity index is 426. The van der Waals surface area contributed by atoms with E-state index < -0.39 is 11.9 Å². The quantitative estimate of drug-likeness (QED) is 0.390. The number of rotatable bonds is 12. The summed E-state index contributed by atoms with van der Waals surface area (Å²) in [4.78, 5) is 0. The van der Waals surface area contributed by atoms with Gasteiger partial charge in [0, 0.05) is 0 Å². The predicted octanol–water partition coefficient (Wildman–Crippen LogP) is 3.08. The molecule has 26 heavy (non-hydrogen) atoms. The van der Waals surface area contributed by atoms with Crippen molar-refractivity contribution < 1.29 is 28.4 Å². The fourth-order valence-corrected chi connectivity index (χ4v) is 1.95. The Labute approximate surface area is 158 Å². The van der Waals surface area contributed by atoms with Crippen LogP contribution in [0.1, 0.15) is 41.5 Å². The van der Waals surface area contributed by atoms with Gasteiger partial charge in [-0.1, -0.05) is 11.8 Å². The van der Waals surface area contributed by atoms with Crippen LogP contribution in [0.4, 0.5) is 0 Å². The molecule has 0 unspecified atom stereocenters. The fraction of sp³-hybridized carbons (Fsp3) is 0.700. The summed E-state index contributed by atoms with van der Waals surface area (Å²) >= 11 is 0. The summed E-state index contributed by atoms with van der Waals surface area (Å²) in [7, 11) is 0. The molecule has 0 aliphatic carbocycles. The van der Waals surface area contributed by atoms with Crippen LogP contribution < -0.4 is 0 Å². The van der Waals surface area contributed by atoms with Crippen molar-refractivity contribution in [3.63, 3.8) is 0 Å². The van der Waals surface area contributed by atoms with Gasteiger partial charge in [-0.2, -0.15) is 0 Å². The maximum Gasteiger partial charge on any atom is 0.353 e. The van der Waals surface area contributed by atoms with Crippen LogP contribution in [0.2, 0.25) is 0 Å². The third-order valence-corrected chi connectivity index (χ3v) is 2.71. The standard InChI is InChI=1S/C20H32O6/c1-7-21-19(22-8-2,23-9-3)17-15-13-14-16-18-20(24-10-4,25-11-5)26-12-6/h13-14H,7-12H2,1-6H3/b14-13-. The summed E-state index contributed by atoms with van der Waals surface area (Å²) < 4.78 is 33.1. The lowest BCUT2D eigenvalue weighted by Gasteiger charge is -2.26. The molecule has 148 valence electrons. The van der Waals surface area contributed by atoms with Crippen LogP contribution in [0.15, 0.2) is 12.2 Å². The molecule has 0 rings (SSSR count). The highest BCUT2D eigenvalue weighted by Gasteiger charge is 2.30. The van der Waals surface area contributed by atoms with E-state index in [4.69, 9.17) is 28.4 Å². The van der Waals surface area contributed by atoms with Gasteiger partial charge in [0.15, 0.2) is 0 Å². The SMILES string of the molecule is CCOC(C#C/C=C\C#CC(OCC)(OCC)OCC)(OCC)OCC. The van der Waals surface area contributed by atoms with Gasteiger partial charge in [0.05, 0.1) is 39.6 Å². The molecule has 0 aromatic heterocycles. The molecule has 0 aromatic carbocycles. The van der Waals surface area contributed by atoms with Crippen LogP contribution in [-0.2, 0) is 28.4 Å². The van der Waals surface area contributed by atoms with Gasteiger partial charge in [-0.3, -0.25) is 0 Å². The Hall–Kier alpha value is -1.38. The van der Waals surface area contributed by atoms with Crippen molar-refractivity contribution >= 4 is 0 Å². The summed E-state index contributed by atoms with van der Waals surface area (Å²) in [5.41, 5.74) is 0. The number of ether oxygens (including phenoxy) is 6. The second kappa shape index (κ2) is 14.8. The first-order chi connectivity index (χ1) is 12.6. The highest BCUT2D eigenvalue weighted by Crippen LogP contribution is 2.15. The lowest BCUT2D eigenvalue weighted by Crippen LogP contribution is -2.38. The van der Waals surface area contributed by atoms with Crippen LogP contribution in [0, 0.1) is 23.7 Å².